The van der Waals surface area contributed by atoms with E-state index in [0.717, 1.165) is 31.6 Å². The second-order valence-electron chi connectivity index (χ2n) is 7.40. The maximum absolute atomic E-state index is 12.4. The van der Waals surface area contributed by atoms with Crippen LogP contribution < -0.4 is 16.2 Å². The highest BCUT2D eigenvalue weighted by Gasteiger charge is 2.18. The minimum absolute atomic E-state index is 0.136. The molecule has 1 aliphatic rings. The number of rotatable bonds is 4. The molecule has 144 valence electrons. The number of nitrogens with zero attached hydrogens (tertiary/aromatic N) is 1. The van der Waals surface area contributed by atoms with Gasteiger partial charge in [-0.3, -0.25) is 9.59 Å². The highest BCUT2D eigenvalue weighted by Crippen LogP contribution is 2.31. The summed E-state index contributed by atoms with van der Waals surface area (Å²) in [6.07, 6.45) is 3.88. The second-order valence-corrected chi connectivity index (χ2v) is 7.40. The van der Waals surface area contributed by atoms with Gasteiger partial charge in [-0.1, -0.05) is 6.07 Å². The summed E-state index contributed by atoms with van der Waals surface area (Å²) in [6, 6.07) is 9.71. The maximum Gasteiger partial charge on any atom is 0.259 e. The molecule has 3 heterocycles. The number of aromatic nitrogens is 2. The van der Waals surface area contributed by atoms with Crippen LogP contribution in [0.4, 0.5) is 11.5 Å². The molecule has 0 spiro atoms. The fraction of sp³-hybridized carbons (Fsp3) is 0.318. The summed E-state index contributed by atoms with van der Waals surface area (Å²) in [6.45, 7) is 5.71. The van der Waals surface area contributed by atoms with E-state index in [2.05, 4.69) is 39.7 Å². The summed E-state index contributed by atoms with van der Waals surface area (Å²) < 4.78 is 0. The lowest BCUT2D eigenvalue weighted by Gasteiger charge is -2.25. The molecule has 6 heteroatoms. The van der Waals surface area contributed by atoms with Crippen molar-refractivity contribution < 1.29 is 4.79 Å². The smallest absolute Gasteiger partial charge is 0.259 e. The second kappa shape index (κ2) is 7.56. The van der Waals surface area contributed by atoms with Crippen molar-refractivity contribution in [2.45, 2.75) is 32.6 Å². The normalized spacial score (nSPS) is 14.9. The summed E-state index contributed by atoms with van der Waals surface area (Å²) in [4.78, 5) is 31.3. The van der Waals surface area contributed by atoms with Gasteiger partial charge in [-0.2, -0.15) is 0 Å². The number of hydrogen-bond donors (Lipinski definition) is 3. The van der Waals surface area contributed by atoms with Crippen LogP contribution in [-0.4, -0.2) is 28.8 Å². The molecule has 0 amide bonds. The number of ketones is 1. The van der Waals surface area contributed by atoms with E-state index in [9.17, 15) is 9.59 Å². The van der Waals surface area contributed by atoms with E-state index in [0.29, 0.717) is 28.2 Å². The molecule has 4 rings (SSSR count). The van der Waals surface area contributed by atoms with Gasteiger partial charge in [0.25, 0.3) is 5.56 Å². The third-order valence-corrected chi connectivity index (χ3v) is 5.43. The minimum atomic E-state index is -0.231. The van der Waals surface area contributed by atoms with Gasteiger partial charge in [0.2, 0.25) is 0 Å². The van der Waals surface area contributed by atoms with E-state index < -0.39 is 0 Å². The average Bonchev–Trinajstić information content (AvgIpc) is 2.68. The Morgan fingerprint density at radius 3 is 2.68 bits per heavy atom. The third-order valence-electron chi connectivity index (χ3n) is 5.43. The predicted octanol–water partition coefficient (Wildman–Crippen LogP) is 3.64. The Bertz CT molecular complexity index is 1100. The first-order valence-electron chi connectivity index (χ1n) is 9.64. The first kappa shape index (κ1) is 18.4. The van der Waals surface area contributed by atoms with Gasteiger partial charge in [0.15, 0.2) is 5.78 Å². The Morgan fingerprint density at radius 1 is 1.18 bits per heavy atom. The molecule has 1 fully saturated rings. The molecule has 0 saturated carbocycles. The zero-order valence-electron chi connectivity index (χ0n) is 16.1. The summed E-state index contributed by atoms with van der Waals surface area (Å²) in [5, 5.41) is 7.80. The number of H-pyrrole nitrogens is 1. The molecule has 0 atom stereocenters. The number of piperidine rings is 1. The third kappa shape index (κ3) is 3.55. The number of pyridine rings is 2. The highest BCUT2D eigenvalue weighted by atomic mass is 16.1. The van der Waals surface area contributed by atoms with Crippen LogP contribution >= 0.6 is 0 Å². The fourth-order valence-electron chi connectivity index (χ4n) is 3.97. The molecule has 2 aromatic heterocycles. The minimum Gasteiger partial charge on any atom is -0.340 e. The molecule has 3 N–H and O–H groups in total. The number of nitrogens with one attached hydrogen (secondary N) is 3. The number of aryl methyl sites for hydroxylation is 1. The van der Waals surface area contributed by atoms with Gasteiger partial charge >= 0.3 is 0 Å². The molecule has 0 aliphatic carbocycles. The Morgan fingerprint density at radius 2 is 1.96 bits per heavy atom. The van der Waals surface area contributed by atoms with Crippen molar-refractivity contribution in [3.8, 4) is 0 Å². The van der Waals surface area contributed by atoms with Crippen LogP contribution in [0.5, 0.6) is 0 Å². The summed E-state index contributed by atoms with van der Waals surface area (Å²) >= 11 is 0. The summed E-state index contributed by atoms with van der Waals surface area (Å²) in [5.74, 6) is 0.847. The Kier molecular flexibility index (Phi) is 4.96. The fourth-order valence-corrected chi connectivity index (χ4v) is 3.97. The number of hydrogen-bond acceptors (Lipinski definition) is 5. The van der Waals surface area contributed by atoms with E-state index in [1.165, 1.54) is 18.1 Å². The molecular formula is C22H24N4O2. The van der Waals surface area contributed by atoms with Crippen LogP contribution in [0.15, 0.2) is 41.3 Å². The first-order valence-corrected chi connectivity index (χ1v) is 9.64. The molecule has 28 heavy (non-hydrogen) atoms. The molecule has 0 unspecified atom stereocenters. The van der Waals surface area contributed by atoms with Crippen molar-refractivity contribution in [3.05, 3.63) is 63.7 Å². The van der Waals surface area contributed by atoms with Gasteiger partial charge in [-0.25, -0.2) is 4.98 Å². The van der Waals surface area contributed by atoms with Crippen LogP contribution in [-0.2, 0) is 0 Å². The standard InChI is InChI=1S/C22H24N4O2/c1-13-11-17(3-4-18(13)15-5-8-23-9-6-15)25-21-20-16(7-10-24-22(20)28)12-19(26-21)14(2)27/h3-4,7,10-12,15,23H,5-6,8-9H2,1-2H3,(H,24,28)(H,25,26). The molecule has 6 nitrogen and oxygen atoms in total. The summed E-state index contributed by atoms with van der Waals surface area (Å²) in [7, 11) is 0. The SMILES string of the molecule is CC(=O)c1cc2cc[nH]c(=O)c2c(Nc2ccc(C3CCNCC3)c(C)c2)n1. The molecule has 1 aromatic carbocycles. The molecule has 1 saturated heterocycles. The van der Waals surface area contributed by atoms with E-state index in [-0.39, 0.29) is 11.3 Å². The van der Waals surface area contributed by atoms with Crippen molar-refractivity contribution in [2.75, 3.05) is 18.4 Å². The number of aromatic amines is 1. The zero-order chi connectivity index (χ0) is 19.7. The molecule has 0 bridgehead atoms. The largest absolute Gasteiger partial charge is 0.340 e. The van der Waals surface area contributed by atoms with Crippen LogP contribution in [0, 0.1) is 6.92 Å². The van der Waals surface area contributed by atoms with E-state index in [1.54, 1.807) is 18.3 Å². The number of fused-ring (bicyclic) bond motifs is 1. The Labute approximate surface area is 163 Å². The van der Waals surface area contributed by atoms with Crippen molar-refractivity contribution >= 4 is 28.1 Å². The van der Waals surface area contributed by atoms with E-state index in [4.69, 9.17) is 0 Å². The summed E-state index contributed by atoms with van der Waals surface area (Å²) in [5.41, 5.74) is 3.56. The predicted molar refractivity (Wildman–Crippen MR) is 112 cm³/mol. The monoisotopic (exact) mass is 376 g/mol. The number of carbonyl (C=O) groups excluding carboxylic acids is 1. The lowest BCUT2D eigenvalue weighted by Crippen LogP contribution is -2.26. The number of carbonyl (C=O) groups is 1. The first-order chi connectivity index (χ1) is 13.5. The maximum atomic E-state index is 12.4. The van der Waals surface area contributed by atoms with Crippen LogP contribution in [0.2, 0.25) is 0 Å². The Hall–Kier alpha value is -2.99. The quantitative estimate of drug-likeness (QED) is 0.605. The van der Waals surface area contributed by atoms with Gasteiger partial charge < -0.3 is 15.6 Å². The number of Topliss-reactive ketones (excluding diaryl/α,β-unsaturated/α-hetero) is 1. The average molecular weight is 376 g/mol. The van der Waals surface area contributed by atoms with Crippen LogP contribution in [0.3, 0.4) is 0 Å². The number of benzene rings is 1. The van der Waals surface area contributed by atoms with Gasteiger partial charge in [0, 0.05) is 18.8 Å². The van der Waals surface area contributed by atoms with Gasteiger partial charge in [-0.15, -0.1) is 0 Å². The van der Waals surface area contributed by atoms with Crippen molar-refractivity contribution in [3.63, 3.8) is 0 Å². The Balaban J connectivity index is 1.72. The topological polar surface area (TPSA) is 86.9 Å². The highest BCUT2D eigenvalue weighted by molar-refractivity contribution is 6.00. The van der Waals surface area contributed by atoms with Gasteiger partial charge in [0.05, 0.1) is 5.39 Å². The molecule has 1 aliphatic heterocycles. The lowest BCUT2D eigenvalue weighted by molar-refractivity contribution is 0.101. The van der Waals surface area contributed by atoms with Crippen LogP contribution in [0.25, 0.3) is 10.8 Å². The van der Waals surface area contributed by atoms with Crippen molar-refractivity contribution in [2.24, 2.45) is 0 Å². The van der Waals surface area contributed by atoms with E-state index >= 15 is 0 Å². The molecular weight excluding hydrogens is 352 g/mol. The van der Waals surface area contributed by atoms with Gasteiger partial charge in [-0.05, 0) is 79.6 Å². The van der Waals surface area contributed by atoms with Crippen molar-refractivity contribution in [1.29, 1.82) is 0 Å². The number of anilines is 2. The molecule has 0 radical (unpaired) electrons. The van der Waals surface area contributed by atoms with E-state index in [1.807, 2.05) is 6.07 Å². The molecule has 3 aromatic rings. The van der Waals surface area contributed by atoms with Gasteiger partial charge in [0.1, 0.15) is 11.5 Å². The van der Waals surface area contributed by atoms with Crippen molar-refractivity contribution in [1.82, 2.24) is 15.3 Å². The lowest BCUT2D eigenvalue weighted by atomic mass is 9.87. The van der Waals surface area contributed by atoms with Crippen LogP contribution in [0.1, 0.15) is 47.3 Å². The zero-order valence-corrected chi connectivity index (χ0v) is 16.1.